The van der Waals surface area contributed by atoms with E-state index in [0.717, 1.165) is 37.1 Å². The topological polar surface area (TPSA) is 61.4 Å². The van der Waals surface area contributed by atoms with Gasteiger partial charge in [-0.2, -0.15) is 0 Å². The maximum absolute atomic E-state index is 12.5. The second-order valence-corrected chi connectivity index (χ2v) is 7.11. The van der Waals surface area contributed by atoms with Gasteiger partial charge in [-0.25, -0.2) is 0 Å². The molecule has 0 bridgehead atoms. The molecule has 1 fully saturated rings. The van der Waals surface area contributed by atoms with Crippen molar-refractivity contribution in [3.63, 3.8) is 0 Å². The Bertz CT molecular complexity index is 868. The van der Waals surface area contributed by atoms with Gasteiger partial charge in [0.05, 0.1) is 11.4 Å². The number of anilines is 2. The minimum absolute atomic E-state index is 0.0193. The quantitative estimate of drug-likeness (QED) is 0.869. The largest absolute Gasteiger partial charge is 0.358 e. The molecule has 2 amide bonds. The molecule has 0 radical (unpaired) electrons. The zero-order valence-electron chi connectivity index (χ0n) is 14.3. The van der Waals surface area contributed by atoms with Crippen molar-refractivity contribution in [2.75, 3.05) is 16.8 Å². The van der Waals surface area contributed by atoms with Crippen molar-refractivity contribution in [1.82, 2.24) is 5.32 Å². The third kappa shape index (κ3) is 3.15. The molecular weight excluding hydrogens is 350 g/mol. The number of amides is 2. The highest BCUT2D eigenvalue weighted by Crippen LogP contribution is 2.36. The van der Waals surface area contributed by atoms with Crippen molar-refractivity contribution in [2.24, 2.45) is 0 Å². The van der Waals surface area contributed by atoms with Crippen LogP contribution in [-0.2, 0) is 11.3 Å². The van der Waals surface area contributed by atoms with E-state index in [0.29, 0.717) is 22.8 Å². The first kappa shape index (κ1) is 16.9. The van der Waals surface area contributed by atoms with Gasteiger partial charge in [0.2, 0.25) is 5.91 Å². The van der Waals surface area contributed by atoms with Crippen molar-refractivity contribution < 1.29 is 9.59 Å². The van der Waals surface area contributed by atoms with Gasteiger partial charge in [0.1, 0.15) is 6.04 Å². The minimum Gasteiger partial charge on any atom is -0.358 e. The molecule has 2 aliphatic rings. The van der Waals surface area contributed by atoms with E-state index in [1.165, 1.54) is 0 Å². The number of benzene rings is 2. The molecule has 1 saturated heterocycles. The van der Waals surface area contributed by atoms with Crippen LogP contribution < -0.4 is 15.5 Å². The Hall–Kier alpha value is -2.53. The van der Waals surface area contributed by atoms with Crippen LogP contribution in [-0.4, -0.2) is 24.4 Å². The van der Waals surface area contributed by atoms with E-state index in [1.54, 1.807) is 12.1 Å². The Kier molecular flexibility index (Phi) is 4.55. The number of piperidine rings is 1. The minimum atomic E-state index is -0.192. The van der Waals surface area contributed by atoms with E-state index in [2.05, 4.69) is 15.5 Å². The number of carbonyl (C=O) groups excluding carboxylic acids is 2. The molecule has 0 aliphatic carbocycles. The van der Waals surface area contributed by atoms with Gasteiger partial charge >= 0.3 is 0 Å². The zero-order chi connectivity index (χ0) is 18.1. The zero-order valence-corrected chi connectivity index (χ0v) is 15.1. The van der Waals surface area contributed by atoms with Crippen molar-refractivity contribution in [3.05, 3.63) is 58.6 Å². The van der Waals surface area contributed by atoms with Crippen LogP contribution in [0.3, 0.4) is 0 Å². The highest BCUT2D eigenvalue weighted by molar-refractivity contribution is 6.31. The van der Waals surface area contributed by atoms with Crippen molar-refractivity contribution in [1.29, 1.82) is 0 Å². The fourth-order valence-corrected chi connectivity index (χ4v) is 3.86. The van der Waals surface area contributed by atoms with Gasteiger partial charge in [-0.3, -0.25) is 9.59 Å². The van der Waals surface area contributed by atoms with Gasteiger partial charge in [0.25, 0.3) is 5.91 Å². The van der Waals surface area contributed by atoms with Gasteiger partial charge in [-0.05, 0) is 49.1 Å². The number of carbonyl (C=O) groups is 2. The van der Waals surface area contributed by atoms with Gasteiger partial charge < -0.3 is 15.5 Å². The van der Waals surface area contributed by atoms with Crippen molar-refractivity contribution in [3.8, 4) is 0 Å². The summed E-state index contributed by atoms with van der Waals surface area (Å²) >= 11 is 6.13. The van der Waals surface area contributed by atoms with Crippen molar-refractivity contribution in [2.45, 2.75) is 31.8 Å². The van der Waals surface area contributed by atoms with Crippen LogP contribution in [0.4, 0.5) is 11.4 Å². The predicted molar refractivity (Wildman–Crippen MR) is 103 cm³/mol. The lowest BCUT2D eigenvalue weighted by Gasteiger charge is -2.41. The monoisotopic (exact) mass is 369 g/mol. The summed E-state index contributed by atoms with van der Waals surface area (Å²) < 4.78 is 0. The number of halogens is 1. The smallest absolute Gasteiger partial charge is 0.251 e. The van der Waals surface area contributed by atoms with Crippen LogP contribution in [0, 0.1) is 0 Å². The Morgan fingerprint density at radius 3 is 2.92 bits per heavy atom. The molecule has 0 aromatic heterocycles. The Morgan fingerprint density at radius 1 is 1.23 bits per heavy atom. The lowest BCUT2D eigenvalue weighted by atomic mass is 9.97. The summed E-state index contributed by atoms with van der Waals surface area (Å²) in [6, 6.07) is 12.8. The molecule has 2 aromatic carbocycles. The van der Waals surface area contributed by atoms with Gasteiger partial charge in [0, 0.05) is 23.7 Å². The molecule has 2 aliphatic heterocycles. The fourth-order valence-electron chi connectivity index (χ4n) is 3.66. The molecular formula is C20H20ClN3O2. The number of fused-ring (bicyclic) bond motifs is 3. The summed E-state index contributed by atoms with van der Waals surface area (Å²) in [7, 11) is 0. The molecule has 5 nitrogen and oxygen atoms in total. The molecule has 1 atom stereocenters. The Balaban J connectivity index is 1.52. The standard InChI is InChI=1S/C20H20ClN3O2/c21-15-6-2-1-5-14(15)12-22-19(25)13-8-9-17-16(11-13)23-20(26)18-7-3-4-10-24(17)18/h1-2,5-6,8-9,11,18H,3-4,7,10,12H2,(H,22,25)(H,23,26)/t18-/m1/s1. The normalized spacial score (nSPS) is 18.6. The van der Waals surface area contributed by atoms with E-state index in [9.17, 15) is 9.59 Å². The Labute approximate surface area is 157 Å². The third-order valence-corrected chi connectivity index (χ3v) is 5.40. The molecule has 0 spiro atoms. The number of hydrogen-bond donors (Lipinski definition) is 2. The van der Waals surface area contributed by atoms with Gasteiger partial charge in [0.15, 0.2) is 0 Å². The first-order valence-electron chi connectivity index (χ1n) is 8.86. The summed E-state index contributed by atoms with van der Waals surface area (Å²) in [4.78, 5) is 27.0. The molecule has 4 rings (SSSR count). The molecule has 2 heterocycles. The van der Waals surface area contributed by atoms with E-state index in [4.69, 9.17) is 11.6 Å². The second-order valence-electron chi connectivity index (χ2n) is 6.70. The van der Waals surface area contributed by atoms with Crippen LogP contribution in [0.15, 0.2) is 42.5 Å². The number of hydrogen-bond acceptors (Lipinski definition) is 3. The summed E-state index contributed by atoms with van der Waals surface area (Å²) in [5.74, 6) is -0.173. The van der Waals surface area contributed by atoms with E-state index < -0.39 is 0 Å². The van der Waals surface area contributed by atoms with Gasteiger partial charge in [-0.15, -0.1) is 0 Å². The lowest BCUT2D eigenvalue weighted by molar-refractivity contribution is -0.118. The average molecular weight is 370 g/mol. The summed E-state index contributed by atoms with van der Waals surface area (Å²) in [6.45, 7) is 1.24. The summed E-state index contributed by atoms with van der Waals surface area (Å²) in [6.07, 6.45) is 3.04. The van der Waals surface area contributed by atoms with Crippen LogP contribution in [0.2, 0.25) is 5.02 Å². The average Bonchev–Trinajstić information content (AvgIpc) is 2.67. The summed E-state index contributed by atoms with van der Waals surface area (Å²) in [5, 5.41) is 6.46. The van der Waals surface area contributed by atoms with Gasteiger partial charge in [-0.1, -0.05) is 29.8 Å². The molecule has 134 valence electrons. The van der Waals surface area contributed by atoms with Crippen LogP contribution in [0.25, 0.3) is 0 Å². The SMILES string of the molecule is O=C(NCc1ccccc1Cl)c1ccc2c(c1)NC(=O)[C@H]1CCCCN21. The molecule has 0 saturated carbocycles. The number of nitrogens with zero attached hydrogens (tertiary/aromatic N) is 1. The first-order valence-corrected chi connectivity index (χ1v) is 9.24. The van der Waals surface area contributed by atoms with Crippen LogP contribution in [0.5, 0.6) is 0 Å². The highest BCUT2D eigenvalue weighted by atomic mass is 35.5. The van der Waals surface area contributed by atoms with Crippen LogP contribution >= 0.6 is 11.6 Å². The maximum atomic E-state index is 12.5. The number of rotatable bonds is 3. The molecule has 26 heavy (non-hydrogen) atoms. The number of nitrogens with one attached hydrogen (secondary N) is 2. The van der Waals surface area contributed by atoms with E-state index in [-0.39, 0.29) is 17.9 Å². The third-order valence-electron chi connectivity index (χ3n) is 5.03. The molecule has 6 heteroatoms. The molecule has 2 aromatic rings. The summed E-state index contributed by atoms with van der Waals surface area (Å²) in [5.41, 5.74) is 3.09. The second kappa shape index (κ2) is 7.00. The van der Waals surface area contributed by atoms with E-state index in [1.807, 2.05) is 30.3 Å². The first-order chi connectivity index (χ1) is 12.6. The predicted octanol–water partition coefficient (Wildman–Crippen LogP) is 3.58. The fraction of sp³-hybridized carbons (Fsp3) is 0.300. The van der Waals surface area contributed by atoms with Crippen LogP contribution in [0.1, 0.15) is 35.2 Å². The molecule has 2 N–H and O–H groups in total. The highest BCUT2D eigenvalue weighted by Gasteiger charge is 2.34. The maximum Gasteiger partial charge on any atom is 0.251 e. The van der Waals surface area contributed by atoms with E-state index >= 15 is 0 Å². The van der Waals surface area contributed by atoms with Crippen molar-refractivity contribution >= 4 is 34.8 Å². The molecule has 0 unspecified atom stereocenters. The Morgan fingerprint density at radius 2 is 2.08 bits per heavy atom. The lowest BCUT2D eigenvalue weighted by Crippen LogP contribution is -2.50.